The number of hydrogen-bond acceptors (Lipinski definition) is 5. The number of aliphatic hydroxyl groups excluding tert-OH is 1. The molecule has 0 saturated carbocycles. The number of rotatable bonds is 8. The minimum absolute atomic E-state index is 0.0779. The molecule has 4 N–H and O–H groups in total. The van der Waals surface area contributed by atoms with Crippen molar-refractivity contribution in [1.29, 1.82) is 0 Å². The van der Waals surface area contributed by atoms with Crippen LogP contribution in [0.5, 0.6) is 0 Å². The maximum absolute atomic E-state index is 11.6. The quantitative estimate of drug-likeness (QED) is 0.497. The molecule has 8 heteroatoms. The second-order valence-electron chi connectivity index (χ2n) is 3.98. The first-order chi connectivity index (χ1) is 9.54. The molecule has 1 rings (SSSR count). The Balaban J connectivity index is 2.19. The predicted octanol–water partition coefficient (Wildman–Crippen LogP) is -0.180. The van der Waals surface area contributed by atoms with Crippen LogP contribution in [0.4, 0.5) is 0 Å². The highest BCUT2D eigenvalue weighted by Crippen LogP contribution is 2.07. The van der Waals surface area contributed by atoms with Crippen molar-refractivity contribution in [2.75, 3.05) is 13.2 Å². The molecule has 110 valence electrons. The average molecular weight is 300 g/mol. The number of nitrogens with one attached hydrogen (secondary N) is 2. The third-order valence-electron chi connectivity index (χ3n) is 2.43. The molecule has 0 aromatic carbocycles. The van der Waals surface area contributed by atoms with E-state index in [1.807, 2.05) is 0 Å². The Hall–Kier alpha value is -1.93. The summed E-state index contributed by atoms with van der Waals surface area (Å²) < 4.78 is 0. The zero-order valence-electron chi connectivity index (χ0n) is 10.7. The fourth-order valence-electron chi connectivity index (χ4n) is 1.40. The van der Waals surface area contributed by atoms with Crippen molar-refractivity contribution in [3.05, 3.63) is 22.4 Å². The topological polar surface area (TPSA) is 116 Å². The minimum atomic E-state index is -1.29. The zero-order valence-corrected chi connectivity index (χ0v) is 11.5. The number of carbonyl (C=O) groups excluding carboxylic acids is 2. The summed E-state index contributed by atoms with van der Waals surface area (Å²) in [5.74, 6) is -1.96. The van der Waals surface area contributed by atoms with Crippen LogP contribution < -0.4 is 10.6 Å². The Labute approximate surface area is 119 Å². The van der Waals surface area contributed by atoms with Gasteiger partial charge in [0.15, 0.2) is 0 Å². The molecule has 0 spiro atoms. The van der Waals surface area contributed by atoms with Crippen molar-refractivity contribution in [2.45, 2.75) is 18.9 Å². The number of carbonyl (C=O) groups is 3. The van der Waals surface area contributed by atoms with E-state index in [4.69, 9.17) is 10.2 Å². The Kier molecular flexibility index (Phi) is 6.68. The van der Waals surface area contributed by atoms with Crippen molar-refractivity contribution in [3.8, 4) is 0 Å². The first kappa shape index (κ1) is 16.1. The van der Waals surface area contributed by atoms with E-state index in [0.717, 1.165) is 0 Å². The number of amides is 2. The highest BCUT2D eigenvalue weighted by molar-refractivity contribution is 7.12. The third kappa shape index (κ3) is 5.37. The Morgan fingerprint density at radius 3 is 2.65 bits per heavy atom. The van der Waals surface area contributed by atoms with Gasteiger partial charge in [0.2, 0.25) is 5.91 Å². The van der Waals surface area contributed by atoms with Crippen molar-refractivity contribution in [1.82, 2.24) is 10.6 Å². The van der Waals surface area contributed by atoms with Crippen LogP contribution in [-0.4, -0.2) is 47.2 Å². The van der Waals surface area contributed by atoms with Gasteiger partial charge in [0, 0.05) is 13.0 Å². The Morgan fingerprint density at radius 1 is 1.35 bits per heavy atom. The molecule has 1 atom stereocenters. The summed E-state index contributed by atoms with van der Waals surface area (Å²) in [7, 11) is 0. The molecule has 0 radical (unpaired) electrons. The predicted molar refractivity (Wildman–Crippen MR) is 72.5 cm³/mol. The molecule has 2 amide bonds. The van der Waals surface area contributed by atoms with E-state index >= 15 is 0 Å². The molecule has 0 saturated heterocycles. The molecular weight excluding hydrogens is 284 g/mol. The SMILES string of the molecule is O=C(CCCNC(=O)c1cccs1)NC(CO)C(=O)O. The van der Waals surface area contributed by atoms with Gasteiger partial charge in [-0.2, -0.15) is 0 Å². The highest BCUT2D eigenvalue weighted by Gasteiger charge is 2.18. The summed E-state index contributed by atoms with van der Waals surface area (Å²) >= 11 is 1.33. The lowest BCUT2D eigenvalue weighted by Crippen LogP contribution is -2.43. The summed E-state index contributed by atoms with van der Waals surface area (Å²) in [6, 6.07) is 2.18. The molecule has 0 fully saturated rings. The minimum Gasteiger partial charge on any atom is -0.480 e. The third-order valence-corrected chi connectivity index (χ3v) is 3.30. The van der Waals surface area contributed by atoms with Crippen LogP contribution in [0, 0.1) is 0 Å². The van der Waals surface area contributed by atoms with Crippen LogP contribution in [0.15, 0.2) is 17.5 Å². The van der Waals surface area contributed by atoms with Gasteiger partial charge < -0.3 is 20.8 Å². The van der Waals surface area contributed by atoms with Gasteiger partial charge in [0.1, 0.15) is 6.04 Å². The van der Waals surface area contributed by atoms with E-state index in [1.165, 1.54) is 11.3 Å². The molecule has 0 aliphatic heterocycles. The van der Waals surface area contributed by atoms with Gasteiger partial charge >= 0.3 is 5.97 Å². The van der Waals surface area contributed by atoms with Gasteiger partial charge in [0.05, 0.1) is 11.5 Å². The summed E-state index contributed by atoms with van der Waals surface area (Å²) in [6.45, 7) is -0.336. The van der Waals surface area contributed by atoms with E-state index in [0.29, 0.717) is 17.8 Å². The normalized spacial score (nSPS) is 11.7. The Morgan fingerprint density at radius 2 is 2.10 bits per heavy atom. The summed E-state index contributed by atoms with van der Waals surface area (Å²) in [4.78, 5) is 34.1. The van der Waals surface area contributed by atoms with Crippen molar-refractivity contribution < 1.29 is 24.6 Å². The first-order valence-corrected chi connectivity index (χ1v) is 6.87. The van der Waals surface area contributed by atoms with Gasteiger partial charge in [0.25, 0.3) is 5.91 Å². The van der Waals surface area contributed by atoms with E-state index < -0.39 is 24.5 Å². The average Bonchev–Trinajstić information content (AvgIpc) is 2.94. The smallest absolute Gasteiger partial charge is 0.328 e. The molecule has 1 aromatic heterocycles. The van der Waals surface area contributed by atoms with Crippen LogP contribution in [0.25, 0.3) is 0 Å². The maximum Gasteiger partial charge on any atom is 0.328 e. The Bertz CT molecular complexity index is 460. The van der Waals surface area contributed by atoms with E-state index in [2.05, 4.69) is 10.6 Å². The lowest BCUT2D eigenvalue weighted by Gasteiger charge is -2.11. The number of aliphatic hydroxyl groups is 1. The van der Waals surface area contributed by atoms with Crippen LogP contribution in [0.1, 0.15) is 22.5 Å². The molecule has 0 bridgehead atoms. The summed E-state index contributed by atoms with van der Waals surface area (Å²) in [6.07, 6.45) is 0.467. The van der Waals surface area contributed by atoms with Crippen LogP contribution >= 0.6 is 11.3 Å². The standard InChI is InChI=1S/C12H16N2O5S/c15-7-8(12(18)19)14-10(16)4-1-5-13-11(17)9-3-2-6-20-9/h2-3,6,8,15H,1,4-5,7H2,(H,13,17)(H,14,16)(H,18,19). The van der Waals surface area contributed by atoms with Crippen molar-refractivity contribution >= 4 is 29.1 Å². The zero-order chi connectivity index (χ0) is 15.0. The molecule has 7 nitrogen and oxygen atoms in total. The van der Waals surface area contributed by atoms with E-state index in [-0.39, 0.29) is 12.3 Å². The highest BCUT2D eigenvalue weighted by atomic mass is 32.1. The van der Waals surface area contributed by atoms with Gasteiger partial charge in [-0.25, -0.2) is 4.79 Å². The fraction of sp³-hybridized carbons (Fsp3) is 0.417. The molecule has 0 aliphatic rings. The van der Waals surface area contributed by atoms with E-state index in [9.17, 15) is 14.4 Å². The number of thiophene rings is 1. The van der Waals surface area contributed by atoms with Gasteiger partial charge in [-0.1, -0.05) is 6.07 Å². The lowest BCUT2D eigenvalue weighted by molar-refractivity contribution is -0.142. The number of carboxylic acid groups (broad SMARTS) is 1. The first-order valence-electron chi connectivity index (χ1n) is 5.99. The maximum atomic E-state index is 11.6. The summed E-state index contributed by atoms with van der Waals surface area (Å²) in [5, 5.41) is 24.0. The molecule has 1 aromatic rings. The number of carboxylic acids is 1. The number of hydrogen-bond donors (Lipinski definition) is 4. The second kappa shape index (κ2) is 8.28. The van der Waals surface area contributed by atoms with Crippen LogP contribution in [0.2, 0.25) is 0 Å². The lowest BCUT2D eigenvalue weighted by atomic mass is 10.2. The molecule has 20 heavy (non-hydrogen) atoms. The largest absolute Gasteiger partial charge is 0.480 e. The van der Waals surface area contributed by atoms with Gasteiger partial charge in [-0.05, 0) is 17.9 Å². The molecule has 0 aliphatic carbocycles. The monoisotopic (exact) mass is 300 g/mol. The molecule has 1 unspecified atom stereocenters. The summed E-state index contributed by atoms with van der Waals surface area (Å²) in [5.41, 5.74) is 0. The molecule has 1 heterocycles. The van der Waals surface area contributed by atoms with Crippen molar-refractivity contribution in [3.63, 3.8) is 0 Å². The molecular formula is C12H16N2O5S. The van der Waals surface area contributed by atoms with Gasteiger partial charge in [-0.15, -0.1) is 11.3 Å². The fourth-order valence-corrected chi connectivity index (χ4v) is 2.04. The second-order valence-corrected chi connectivity index (χ2v) is 4.93. The van der Waals surface area contributed by atoms with Crippen LogP contribution in [0.3, 0.4) is 0 Å². The van der Waals surface area contributed by atoms with Gasteiger partial charge in [-0.3, -0.25) is 9.59 Å². The number of aliphatic carboxylic acids is 1. The van der Waals surface area contributed by atoms with Crippen molar-refractivity contribution in [2.24, 2.45) is 0 Å². The van der Waals surface area contributed by atoms with Crippen LogP contribution in [-0.2, 0) is 9.59 Å². The van der Waals surface area contributed by atoms with E-state index in [1.54, 1.807) is 17.5 Å².